The predicted molar refractivity (Wildman–Crippen MR) is 72.2 cm³/mol. The van der Waals surface area contributed by atoms with Crippen molar-refractivity contribution < 1.29 is 14.7 Å². The second-order valence-electron chi connectivity index (χ2n) is 5.38. The highest BCUT2D eigenvalue weighted by atomic mass is 32.2. The van der Waals surface area contributed by atoms with E-state index in [2.05, 4.69) is 4.90 Å². The van der Waals surface area contributed by atoms with E-state index < -0.39 is 12.0 Å². The molecule has 2 atom stereocenters. The highest BCUT2D eigenvalue weighted by molar-refractivity contribution is 7.99. The van der Waals surface area contributed by atoms with Gasteiger partial charge in [-0.05, 0) is 19.4 Å². The van der Waals surface area contributed by atoms with E-state index in [1.165, 1.54) is 23.1 Å². The molecule has 0 saturated carbocycles. The van der Waals surface area contributed by atoms with Crippen LogP contribution < -0.4 is 0 Å². The summed E-state index contributed by atoms with van der Waals surface area (Å²) >= 11 is 1.52. The number of hydrogen-bond donors (Lipinski definition) is 1. The van der Waals surface area contributed by atoms with Crippen LogP contribution in [0.3, 0.4) is 0 Å². The molecule has 6 nitrogen and oxygen atoms in total. The molecule has 19 heavy (non-hydrogen) atoms. The summed E-state index contributed by atoms with van der Waals surface area (Å²) in [5.41, 5.74) is 0. The number of carboxylic acids is 1. The molecule has 3 aliphatic heterocycles. The van der Waals surface area contributed by atoms with Crippen LogP contribution in [0.5, 0.6) is 0 Å². The van der Waals surface area contributed by atoms with Crippen LogP contribution in [0.15, 0.2) is 0 Å². The Hall–Kier alpha value is -0.950. The van der Waals surface area contributed by atoms with E-state index in [4.69, 9.17) is 5.11 Å². The number of amides is 2. The largest absolute Gasteiger partial charge is 0.480 e. The first-order valence-corrected chi connectivity index (χ1v) is 7.92. The first-order chi connectivity index (χ1) is 9.16. The van der Waals surface area contributed by atoms with Crippen LogP contribution in [0.4, 0.5) is 4.79 Å². The molecule has 0 aliphatic carbocycles. The van der Waals surface area contributed by atoms with Crippen LogP contribution in [0.1, 0.15) is 12.8 Å². The lowest BCUT2D eigenvalue weighted by atomic mass is 10.1. The summed E-state index contributed by atoms with van der Waals surface area (Å²) in [4.78, 5) is 29.4. The highest BCUT2D eigenvalue weighted by Crippen LogP contribution is 2.26. The van der Waals surface area contributed by atoms with Crippen molar-refractivity contribution in [3.8, 4) is 0 Å². The molecule has 7 heteroatoms. The standard InChI is InChI=1S/C12H19N3O3S/c16-11(17)10-7-19-8-15(10)12(18)14-5-4-13-3-1-2-9(13)6-14/h9-10H,1-8H2,(H,16,17). The molecule has 0 bridgehead atoms. The Morgan fingerprint density at radius 3 is 2.84 bits per heavy atom. The predicted octanol–water partition coefficient (Wildman–Crippen LogP) is 0.346. The zero-order valence-corrected chi connectivity index (χ0v) is 11.6. The fourth-order valence-corrected chi connectivity index (χ4v) is 4.32. The van der Waals surface area contributed by atoms with Gasteiger partial charge < -0.3 is 14.9 Å². The lowest BCUT2D eigenvalue weighted by Crippen LogP contribution is -2.57. The molecule has 0 aromatic heterocycles. The molecule has 0 aromatic rings. The minimum absolute atomic E-state index is 0.0936. The zero-order chi connectivity index (χ0) is 13.4. The number of hydrogen-bond acceptors (Lipinski definition) is 4. The van der Waals surface area contributed by atoms with Gasteiger partial charge in [-0.25, -0.2) is 9.59 Å². The number of urea groups is 1. The number of rotatable bonds is 1. The molecule has 3 rings (SSSR count). The Morgan fingerprint density at radius 2 is 2.05 bits per heavy atom. The highest BCUT2D eigenvalue weighted by Gasteiger charge is 2.39. The SMILES string of the molecule is O=C(O)C1CSCN1C(=O)N1CCN2CCCC2C1. The van der Waals surface area contributed by atoms with Gasteiger partial charge in [-0.1, -0.05) is 0 Å². The molecule has 3 saturated heterocycles. The van der Waals surface area contributed by atoms with Gasteiger partial charge in [0.05, 0.1) is 5.88 Å². The summed E-state index contributed by atoms with van der Waals surface area (Å²) in [5, 5.41) is 9.15. The third kappa shape index (κ3) is 2.41. The molecule has 0 aromatic carbocycles. The number of carbonyl (C=O) groups excluding carboxylic acids is 1. The van der Waals surface area contributed by atoms with Crippen LogP contribution in [-0.4, -0.2) is 81.7 Å². The summed E-state index contributed by atoms with van der Waals surface area (Å²) in [5.74, 6) is 0.114. The lowest BCUT2D eigenvalue weighted by molar-refractivity contribution is -0.141. The van der Waals surface area contributed by atoms with E-state index in [9.17, 15) is 9.59 Å². The van der Waals surface area contributed by atoms with Gasteiger partial charge in [0, 0.05) is 31.4 Å². The zero-order valence-electron chi connectivity index (χ0n) is 10.8. The first-order valence-electron chi connectivity index (χ1n) is 6.77. The number of aliphatic carboxylic acids is 1. The van der Waals surface area contributed by atoms with Crippen molar-refractivity contribution in [3.63, 3.8) is 0 Å². The van der Waals surface area contributed by atoms with E-state index in [1.807, 2.05) is 4.90 Å². The van der Waals surface area contributed by atoms with Gasteiger partial charge in [0.2, 0.25) is 0 Å². The average molecular weight is 285 g/mol. The number of thioether (sulfide) groups is 1. The third-order valence-corrected chi connectivity index (χ3v) is 5.28. The van der Waals surface area contributed by atoms with Crippen molar-refractivity contribution in [2.75, 3.05) is 37.8 Å². The van der Waals surface area contributed by atoms with Gasteiger partial charge in [0.1, 0.15) is 6.04 Å². The minimum Gasteiger partial charge on any atom is -0.480 e. The van der Waals surface area contributed by atoms with Gasteiger partial charge in [-0.2, -0.15) is 0 Å². The summed E-state index contributed by atoms with van der Waals surface area (Å²) in [7, 11) is 0. The van der Waals surface area contributed by atoms with E-state index in [0.29, 0.717) is 17.7 Å². The van der Waals surface area contributed by atoms with Crippen LogP contribution in [0.2, 0.25) is 0 Å². The normalized spacial score (nSPS) is 31.6. The lowest BCUT2D eigenvalue weighted by Gasteiger charge is -2.39. The molecule has 3 fully saturated rings. The maximum absolute atomic E-state index is 12.5. The maximum Gasteiger partial charge on any atom is 0.327 e. The Kier molecular flexibility index (Phi) is 3.58. The van der Waals surface area contributed by atoms with Gasteiger partial charge in [0.25, 0.3) is 0 Å². The van der Waals surface area contributed by atoms with Gasteiger partial charge in [0.15, 0.2) is 0 Å². The van der Waals surface area contributed by atoms with Crippen molar-refractivity contribution in [3.05, 3.63) is 0 Å². The number of carboxylic acid groups (broad SMARTS) is 1. The first kappa shape index (κ1) is 13.1. The van der Waals surface area contributed by atoms with Crippen LogP contribution in [0.25, 0.3) is 0 Å². The molecule has 3 aliphatic rings. The van der Waals surface area contributed by atoms with Crippen LogP contribution in [0, 0.1) is 0 Å². The topological polar surface area (TPSA) is 64.1 Å². The summed E-state index contributed by atoms with van der Waals surface area (Å²) in [6.45, 7) is 3.55. The van der Waals surface area contributed by atoms with E-state index in [1.54, 1.807) is 0 Å². The fraction of sp³-hybridized carbons (Fsp3) is 0.833. The fourth-order valence-electron chi connectivity index (χ4n) is 3.18. The quantitative estimate of drug-likeness (QED) is 0.753. The number of carbonyl (C=O) groups is 2. The Balaban J connectivity index is 1.65. The summed E-state index contributed by atoms with van der Waals surface area (Å²) < 4.78 is 0. The van der Waals surface area contributed by atoms with E-state index >= 15 is 0 Å². The van der Waals surface area contributed by atoms with E-state index in [-0.39, 0.29) is 6.03 Å². The van der Waals surface area contributed by atoms with Crippen LogP contribution >= 0.6 is 11.8 Å². The number of piperazine rings is 1. The summed E-state index contributed by atoms with van der Waals surface area (Å²) in [6.07, 6.45) is 2.37. The third-order valence-electron chi connectivity index (χ3n) is 4.27. The van der Waals surface area contributed by atoms with Gasteiger partial charge in [-0.3, -0.25) is 4.90 Å². The smallest absolute Gasteiger partial charge is 0.327 e. The average Bonchev–Trinajstić information content (AvgIpc) is 3.05. The maximum atomic E-state index is 12.5. The van der Waals surface area contributed by atoms with E-state index in [0.717, 1.165) is 32.6 Å². The molecule has 3 heterocycles. The minimum atomic E-state index is -0.891. The monoisotopic (exact) mass is 285 g/mol. The van der Waals surface area contributed by atoms with Gasteiger partial charge in [-0.15, -0.1) is 11.8 Å². The Morgan fingerprint density at radius 1 is 1.21 bits per heavy atom. The van der Waals surface area contributed by atoms with Gasteiger partial charge >= 0.3 is 12.0 Å². The molecular weight excluding hydrogens is 266 g/mol. The second-order valence-corrected chi connectivity index (χ2v) is 6.38. The number of fused-ring (bicyclic) bond motifs is 1. The molecular formula is C12H19N3O3S. The molecule has 2 unspecified atom stereocenters. The van der Waals surface area contributed by atoms with Crippen molar-refractivity contribution >= 4 is 23.8 Å². The molecule has 0 spiro atoms. The molecule has 2 amide bonds. The van der Waals surface area contributed by atoms with Crippen molar-refractivity contribution in [1.82, 2.24) is 14.7 Å². The molecule has 1 N–H and O–H groups in total. The second kappa shape index (κ2) is 5.20. The molecule has 106 valence electrons. The summed E-state index contributed by atoms with van der Waals surface area (Å²) in [6, 6.07) is -0.265. The van der Waals surface area contributed by atoms with Crippen LogP contribution in [-0.2, 0) is 4.79 Å². The Bertz CT molecular complexity index is 392. The Labute approximate surface area is 116 Å². The van der Waals surface area contributed by atoms with Crippen molar-refractivity contribution in [2.45, 2.75) is 24.9 Å². The van der Waals surface area contributed by atoms with Crippen molar-refractivity contribution in [2.24, 2.45) is 0 Å². The van der Waals surface area contributed by atoms with Crippen molar-refractivity contribution in [1.29, 1.82) is 0 Å². The molecule has 0 radical (unpaired) electrons. The number of nitrogens with zero attached hydrogens (tertiary/aromatic N) is 3.